The average Bonchev–Trinajstić information content (AvgIpc) is 3.07. The van der Waals surface area contributed by atoms with Crippen LogP contribution in [0.1, 0.15) is 19.4 Å². The van der Waals surface area contributed by atoms with E-state index in [0.717, 1.165) is 36.9 Å². The highest BCUT2D eigenvalue weighted by Gasteiger charge is 2.03. The summed E-state index contributed by atoms with van der Waals surface area (Å²) < 4.78 is 7.67. The summed E-state index contributed by atoms with van der Waals surface area (Å²) in [6, 6.07) is 8.01. The summed E-state index contributed by atoms with van der Waals surface area (Å²) in [6.45, 7) is 7.74. The number of para-hydroxylation sites is 1. The molecule has 1 heterocycles. The Morgan fingerprint density at radius 3 is 2.87 bits per heavy atom. The predicted molar refractivity (Wildman–Crippen MR) is 92.7 cm³/mol. The lowest BCUT2D eigenvalue weighted by atomic mass is 10.2. The molecule has 0 fully saturated rings. The normalized spacial score (nSPS) is 11.3. The van der Waals surface area contributed by atoms with Gasteiger partial charge in [0.15, 0.2) is 5.96 Å². The Morgan fingerprint density at radius 2 is 2.13 bits per heavy atom. The molecule has 0 aliphatic rings. The molecule has 0 aliphatic heterocycles. The topological polar surface area (TPSA) is 63.5 Å². The van der Waals surface area contributed by atoms with Crippen molar-refractivity contribution in [2.45, 2.75) is 26.9 Å². The molecule has 0 amide bonds. The molecule has 2 rings (SSSR count). The molecule has 2 aromatic rings. The Balaban J connectivity index is 1.92. The Hall–Kier alpha value is -2.50. The average molecular weight is 315 g/mol. The molecule has 0 bridgehead atoms. The summed E-state index contributed by atoms with van der Waals surface area (Å²) in [5.74, 6) is 1.70. The summed E-state index contributed by atoms with van der Waals surface area (Å²) >= 11 is 0. The van der Waals surface area contributed by atoms with Gasteiger partial charge in [-0.05, 0) is 19.9 Å². The number of nitrogens with one attached hydrogen (secondary N) is 2. The van der Waals surface area contributed by atoms with E-state index in [1.54, 1.807) is 6.20 Å². The fourth-order valence-electron chi connectivity index (χ4n) is 2.16. The Morgan fingerprint density at radius 1 is 1.26 bits per heavy atom. The molecule has 1 aromatic carbocycles. The first-order valence-electron chi connectivity index (χ1n) is 8.02. The molecule has 0 atom stereocenters. The van der Waals surface area contributed by atoms with Gasteiger partial charge in [0, 0.05) is 37.6 Å². The van der Waals surface area contributed by atoms with Gasteiger partial charge in [0.25, 0.3) is 0 Å². The highest BCUT2D eigenvalue weighted by Crippen LogP contribution is 2.18. The van der Waals surface area contributed by atoms with Gasteiger partial charge in [-0.3, -0.25) is 0 Å². The van der Waals surface area contributed by atoms with Crippen LogP contribution in [0.4, 0.5) is 0 Å². The van der Waals surface area contributed by atoms with E-state index in [1.165, 1.54) is 0 Å². The smallest absolute Gasteiger partial charge is 0.191 e. The van der Waals surface area contributed by atoms with E-state index in [0.29, 0.717) is 13.2 Å². The van der Waals surface area contributed by atoms with Gasteiger partial charge >= 0.3 is 0 Å². The fourth-order valence-corrected chi connectivity index (χ4v) is 2.16. The molecule has 124 valence electrons. The molecule has 0 unspecified atom stereocenters. The maximum atomic E-state index is 5.64. The molecular weight excluding hydrogens is 290 g/mol. The maximum absolute atomic E-state index is 5.64. The standard InChI is InChI=1S/C17H25N5O/c1-3-19-17(20-10-12-22-11-9-18-14-22)21-13-15-7-5-6-8-16(15)23-4-2/h5-9,11,14H,3-4,10,12-13H2,1-2H3,(H2,19,20,21). The summed E-state index contributed by atoms with van der Waals surface area (Å²) in [7, 11) is 0. The van der Waals surface area contributed by atoms with Gasteiger partial charge in [-0.2, -0.15) is 0 Å². The van der Waals surface area contributed by atoms with Crippen molar-refractivity contribution in [2.24, 2.45) is 4.99 Å². The number of rotatable bonds is 8. The third kappa shape index (κ3) is 5.65. The minimum absolute atomic E-state index is 0.580. The molecule has 2 N–H and O–H groups in total. The second-order valence-corrected chi connectivity index (χ2v) is 4.96. The molecule has 0 radical (unpaired) electrons. The Kier molecular flexibility index (Phi) is 6.97. The van der Waals surface area contributed by atoms with Crippen LogP contribution in [0.25, 0.3) is 0 Å². The van der Waals surface area contributed by atoms with E-state index in [4.69, 9.17) is 4.74 Å². The predicted octanol–water partition coefficient (Wildman–Crippen LogP) is 2.04. The van der Waals surface area contributed by atoms with Crippen molar-refractivity contribution in [3.8, 4) is 5.75 Å². The van der Waals surface area contributed by atoms with Crippen molar-refractivity contribution in [3.05, 3.63) is 48.5 Å². The second kappa shape index (κ2) is 9.50. The first-order valence-corrected chi connectivity index (χ1v) is 8.02. The minimum Gasteiger partial charge on any atom is -0.494 e. The van der Waals surface area contributed by atoms with Gasteiger partial charge < -0.3 is 19.9 Å². The Bertz CT molecular complexity index is 595. The number of benzene rings is 1. The van der Waals surface area contributed by atoms with E-state index in [-0.39, 0.29) is 0 Å². The van der Waals surface area contributed by atoms with Crippen LogP contribution in [0, 0.1) is 0 Å². The number of aromatic nitrogens is 2. The monoisotopic (exact) mass is 315 g/mol. The zero-order chi connectivity index (χ0) is 16.3. The van der Waals surface area contributed by atoms with Gasteiger partial charge in [-0.1, -0.05) is 18.2 Å². The molecule has 6 nitrogen and oxygen atoms in total. The van der Waals surface area contributed by atoms with Gasteiger partial charge in [0.1, 0.15) is 5.75 Å². The van der Waals surface area contributed by atoms with E-state index in [2.05, 4.69) is 27.5 Å². The van der Waals surface area contributed by atoms with Crippen LogP contribution in [0.2, 0.25) is 0 Å². The van der Waals surface area contributed by atoms with Crippen LogP contribution in [0.3, 0.4) is 0 Å². The number of hydrogen-bond acceptors (Lipinski definition) is 3. The lowest BCUT2D eigenvalue weighted by Gasteiger charge is -2.12. The minimum atomic E-state index is 0.580. The molecule has 1 aromatic heterocycles. The highest BCUT2D eigenvalue weighted by atomic mass is 16.5. The van der Waals surface area contributed by atoms with Crippen LogP contribution in [0.5, 0.6) is 5.75 Å². The first-order chi connectivity index (χ1) is 11.3. The van der Waals surface area contributed by atoms with Gasteiger partial charge in [-0.25, -0.2) is 9.98 Å². The first kappa shape index (κ1) is 16.9. The molecule has 23 heavy (non-hydrogen) atoms. The van der Waals surface area contributed by atoms with E-state index < -0.39 is 0 Å². The molecule has 0 saturated heterocycles. The fraction of sp³-hybridized carbons (Fsp3) is 0.412. The highest BCUT2D eigenvalue weighted by molar-refractivity contribution is 5.79. The van der Waals surface area contributed by atoms with Crippen LogP contribution in [-0.2, 0) is 13.1 Å². The second-order valence-electron chi connectivity index (χ2n) is 4.96. The number of nitrogens with zero attached hydrogens (tertiary/aromatic N) is 3. The zero-order valence-electron chi connectivity index (χ0n) is 13.8. The third-order valence-corrected chi connectivity index (χ3v) is 3.25. The molecule has 0 saturated carbocycles. The zero-order valence-corrected chi connectivity index (χ0v) is 13.8. The largest absolute Gasteiger partial charge is 0.494 e. The van der Waals surface area contributed by atoms with Crippen molar-refractivity contribution < 1.29 is 4.74 Å². The Labute approximate surface area is 137 Å². The van der Waals surface area contributed by atoms with Crippen molar-refractivity contribution in [2.75, 3.05) is 19.7 Å². The van der Waals surface area contributed by atoms with Crippen LogP contribution >= 0.6 is 0 Å². The lowest BCUT2D eigenvalue weighted by molar-refractivity contribution is 0.336. The number of ether oxygens (including phenoxy) is 1. The molecule has 0 spiro atoms. The third-order valence-electron chi connectivity index (χ3n) is 3.25. The summed E-state index contributed by atoms with van der Waals surface area (Å²) in [6.07, 6.45) is 5.54. The number of aliphatic imine (C=N–C) groups is 1. The van der Waals surface area contributed by atoms with E-state index in [9.17, 15) is 0 Å². The van der Waals surface area contributed by atoms with Crippen molar-refractivity contribution in [3.63, 3.8) is 0 Å². The SMILES string of the molecule is CCNC(=NCc1ccccc1OCC)NCCn1ccnc1. The number of imidazole rings is 1. The van der Waals surface area contributed by atoms with Crippen LogP contribution in [0.15, 0.2) is 48.0 Å². The van der Waals surface area contributed by atoms with Crippen LogP contribution < -0.4 is 15.4 Å². The molecule has 6 heteroatoms. The number of hydrogen-bond donors (Lipinski definition) is 2. The van der Waals surface area contributed by atoms with Gasteiger partial charge in [-0.15, -0.1) is 0 Å². The molecular formula is C17H25N5O. The summed E-state index contributed by atoms with van der Waals surface area (Å²) in [5, 5.41) is 6.59. The quantitative estimate of drug-likeness (QED) is 0.578. The van der Waals surface area contributed by atoms with Crippen molar-refractivity contribution in [1.29, 1.82) is 0 Å². The van der Waals surface area contributed by atoms with Gasteiger partial charge in [0.2, 0.25) is 0 Å². The van der Waals surface area contributed by atoms with Crippen molar-refractivity contribution >= 4 is 5.96 Å². The maximum Gasteiger partial charge on any atom is 0.191 e. The van der Waals surface area contributed by atoms with Crippen molar-refractivity contribution in [1.82, 2.24) is 20.2 Å². The van der Waals surface area contributed by atoms with E-state index in [1.807, 2.05) is 48.3 Å². The number of guanidine groups is 1. The van der Waals surface area contributed by atoms with Gasteiger partial charge in [0.05, 0.1) is 19.5 Å². The van der Waals surface area contributed by atoms with Crippen LogP contribution in [-0.4, -0.2) is 35.2 Å². The summed E-state index contributed by atoms with van der Waals surface area (Å²) in [5.41, 5.74) is 1.08. The molecule has 0 aliphatic carbocycles. The lowest BCUT2D eigenvalue weighted by Crippen LogP contribution is -2.38. The van der Waals surface area contributed by atoms with E-state index >= 15 is 0 Å². The summed E-state index contributed by atoms with van der Waals surface area (Å²) in [4.78, 5) is 8.67.